The standard InChI is InChI=1S/C31H30ClF3N4O4/c1-18(2)43-25-16-23(42-3)12-13-24(25)29-37-27(19-6-10-22(32)11-7-19)28(20-4-8-21(9-5-20)31(33,34)35)39(29)30(41)38-15-14-36-26(40)17-38/h4-13,16,18,27-28H,14-15,17H2,1-3H3,(H,36,40). The maximum Gasteiger partial charge on any atom is 0.416 e. The van der Waals surface area contributed by atoms with Gasteiger partial charge in [-0.25, -0.2) is 4.79 Å². The summed E-state index contributed by atoms with van der Waals surface area (Å²) in [7, 11) is 1.52. The number of methoxy groups -OCH3 is 1. The van der Waals surface area contributed by atoms with Crippen LogP contribution in [0.1, 0.15) is 48.2 Å². The van der Waals surface area contributed by atoms with E-state index in [4.69, 9.17) is 26.1 Å². The van der Waals surface area contributed by atoms with Gasteiger partial charge in [0, 0.05) is 24.2 Å². The first-order valence-electron chi connectivity index (χ1n) is 13.7. The van der Waals surface area contributed by atoms with Crippen LogP contribution in [0.25, 0.3) is 0 Å². The number of aliphatic imine (C=N–C) groups is 1. The van der Waals surface area contributed by atoms with Crippen molar-refractivity contribution in [2.24, 2.45) is 4.99 Å². The average Bonchev–Trinajstić information content (AvgIpc) is 3.36. The Morgan fingerprint density at radius 1 is 1.05 bits per heavy atom. The van der Waals surface area contributed by atoms with Crippen molar-refractivity contribution in [1.82, 2.24) is 15.1 Å². The average molecular weight is 615 g/mol. The Bertz CT molecular complexity index is 1530. The van der Waals surface area contributed by atoms with E-state index >= 15 is 0 Å². The highest BCUT2D eigenvalue weighted by atomic mass is 35.5. The van der Waals surface area contributed by atoms with Crippen LogP contribution in [0.15, 0.2) is 71.7 Å². The molecule has 2 heterocycles. The Balaban J connectivity index is 1.71. The highest BCUT2D eigenvalue weighted by molar-refractivity contribution is 6.30. The van der Waals surface area contributed by atoms with E-state index in [1.54, 1.807) is 42.5 Å². The lowest BCUT2D eigenvalue weighted by atomic mass is 9.93. The molecule has 2 atom stereocenters. The third-order valence-corrected chi connectivity index (χ3v) is 7.42. The zero-order chi connectivity index (χ0) is 30.9. The number of hydrogen-bond acceptors (Lipinski definition) is 5. The second-order valence-corrected chi connectivity index (χ2v) is 10.9. The van der Waals surface area contributed by atoms with Gasteiger partial charge in [0.1, 0.15) is 29.9 Å². The molecule has 0 spiro atoms. The van der Waals surface area contributed by atoms with Crippen molar-refractivity contribution in [1.29, 1.82) is 0 Å². The SMILES string of the molecule is COc1ccc(C2=NC(c3ccc(Cl)cc3)C(c3ccc(C(F)(F)F)cc3)N2C(=O)N2CCNC(=O)C2)c(OC(C)C)c1. The van der Waals surface area contributed by atoms with Crippen molar-refractivity contribution in [2.75, 3.05) is 26.7 Å². The van der Waals surface area contributed by atoms with E-state index in [1.165, 1.54) is 29.0 Å². The van der Waals surface area contributed by atoms with E-state index in [0.29, 0.717) is 33.2 Å². The number of carbonyl (C=O) groups excluding carboxylic acids is 2. The Morgan fingerprint density at radius 3 is 2.33 bits per heavy atom. The van der Waals surface area contributed by atoms with E-state index in [-0.39, 0.29) is 37.5 Å². The summed E-state index contributed by atoms with van der Waals surface area (Å²) in [6, 6.07) is 14.7. The molecule has 0 aliphatic carbocycles. The first kappa shape index (κ1) is 30.2. The molecule has 2 aliphatic heterocycles. The number of alkyl halides is 3. The summed E-state index contributed by atoms with van der Waals surface area (Å²) in [4.78, 5) is 34.5. The minimum absolute atomic E-state index is 0.175. The fraction of sp³-hybridized carbons (Fsp3) is 0.323. The smallest absolute Gasteiger partial charge is 0.416 e. The van der Waals surface area contributed by atoms with Crippen LogP contribution in [0.3, 0.4) is 0 Å². The zero-order valence-corrected chi connectivity index (χ0v) is 24.4. The molecule has 226 valence electrons. The van der Waals surface area contributed by atoms with Gasteiger partial charge in [-0.3, -0.25) is 14.7 Å². The maximum absolute atomic E-state index is 14.4. The molecule has 3 aromatic carbocycles. The number of urea groups is 1. The molecule has 0 radical (unpaired) electrons. The summed E-state index contributed by atoms with van der Waals surface area (Å²) >= 11 is 6.17. The van der Waals surface area contributed by atoms with E-state index in [2.05, 4.69) is 5.32 Å². The fourth-order valence-corrected chi connectivity index (χ4v) is 5.31. The largest absolute Gasteiger partial charge is 0.497 e. The number of halogens is 4. The normalized spacial score (nSPS) is 18.9. The predicted molar refractivity (Wildman–Crippen MR) is 155 cm³/mol. The molecular weight excluding hydrogens is 585 g/mol. The molecule has 3 amide bonds. The van der Waals surface area contributed by atoms with Crippen LogP contribution in [0.5, 0.6) is 11.5 Å². The summed E-state index contributed by atoms with van der Waals surface area (Å²) in [5, 5.41) is 3.20. The summed E-state index contributed by atoms with van der Waals surface area (Å²) in [5.74, 6) is 0.868. The van der Waals surface area contributed by atoms with E-state index in [1.807, 2.05) is 13.8 Å². The predicted octanol–water partition coefficient (Wildman–Crippen LogP) is 6.25. The first-order chi connectivity index (χ1) is 20.5. The zero-order valence-electron chi connectivity index (χ0n) is 23.7. The van der Waals surface area contributed by atoms with Crippen molar-refractivity contribution < 1.29 is 32.2 Å². The Kier molecular flexibility index (Phi) is 8.55. The van der Waals surface area contributed by atoms with Crippen LogP contribution in [0, 0.1) is 0 Å². The number of nitrogens with zero attached hydrogens (tertiary/aromatic N) is 3. The topological polar surface area (TPSA) is 83.5 Å². The number of piperazine rings is 1. The van der Waals surface area contributed by atoms with Gasteiger partial charge in [-0.05, 0) is 61.4 Å². The monoisotopic (exact) mass is 614 g/mol. The van der Waals surface area contributed by atoms with Gasteiger partial charge in [-0.15, -0.1) is 0 Å². The van der Waals surface area contributed by atoms with Gasteiger partial charge in [0.15, 0.2) is 0 Å². The third kappa shape index (κ3) is 6.41. The highest BCUT2D eigenvalue weighted by Gasteiger charge is 2.45. The lowest BCUT2D eigenvalue weighted by Crippen LogP contribution is -2.55. The molecule has 3 aromatic rings. The molecule has 1 saturated heterocycles. The molecular formula is C31H30ClF3N4O4. The van der Waals surface area contributed by atoms with Crippen LogP contribution >= 0.6 is 11.6 Å². The molecule has 2 unspecified atom stereocenters. The van der Waals surface area contributed by atoms with Gasteiger partial charge in [0.05, 0.1) is 30.4 Å². The lowest BCUT2D eigenvalue weighted by Gasteiger charge is -2.36. The molecule has 2 aliphatic rings. The van der Waals surface area contributed by atoms with Crippen LogP contribution in [-0.4, -0.2) is 60.4 Å². The Hall–Kier alpha value is -4.25. The summed E-state index contributed by atoms with van der Waals surface area (Å²) in [6.45, 7) is 4.05. The highest BCUT2D eigenvalue weighted by Crippen LogP contribution is 2.46. The number of rotatable bonds is 6. The van der Waals surface area contributed by atoms with Gasteiger partial charge in [0.2, 0.25) is 5.91 Å². The molecule has 1 N–H and O–H groups in total. The van der Waals surface area contributed by atoms with E-state index in [9.17, 15) is 22.8 Å². The van der Waals surface area contributed by atoms with Gasteiger partial charge < -0.3 is 19.7 Å². The van der Waals surface area contributed by atoms with Gasteiger partial charge >= 0.3 is 12.2 Å². The molecule has 0 saturated carbocycles. The molecule has 43 heavy (non-hydrogen) atoms. The molecule has 0 bridgehead atoms. The second kappa shape index (κ2) is 12.2. The number of ether oxygens (including phenoxy) is 2. The van der Waals surface area contributed by atoms with Gasteiger partial charge in [0.25, 0.3) is 0 Å². The van der Waals surface area contributed by atoms with Crippen LogP contribution in [0.2, 0.25) is 5.02 Å². The number of carbonyl (C=O) groups is 2. The van der Waals surface area contributed by atoms with E-state index in [0.717, 1.165) is 12.1 Å². The van der Waals surface area contributed by atoms with Crippen molar-refractivity contribution in [3.63, 3.8) is 0 Å². The Labute approximate surface area is 252 Å². The maximum atomic E-state index is 14.4. The molecule has 5 rings (SSSR count). The summed E-state index contributed by atoms with van der Waals surface area (Å²) < 4.78 is 52.0. The number of amides is 3. The van der Waals surface area contributed by atoms with Crippen molar-refractivity contribution in [3.05, 3.63) is 94.0 Å². The van der Waals surface area contributed by atoms with Gasteiger partial charge in [-0.2, -0.15) is 13.2 Å². The minimum Gasteiger partial charge on any atom is -0.497 e. The minimum atomic E-state index is -4.53. The number of amidine groups is 1. The molecule has 0 aromatic heterocycles. The summed E-state index contributed by atoms with van der Waals surface area (Å²) in [5.41, 5.74) is 0.796. The van der Waals surface area contributed by atoms with Crippen LogP contribution in [0.4, 0.5) is 18.0 Å². The number of hydrogen-bond donors (Lipinski definition) is 1. The second-order valence-electron chi connectivity index (χ2n) is 10.5. The quantitative estimate of drug-likeness (QED) is 0.356. The lowest BCUT2D eigenvalue weighted by molar-refractivity contribution is -0.137. The van der Waals surface area contributed by atoms with E-state index < -0.39 is 29.9 Å². The number of nitrogens with one attached hydrogen (secondary N) is 1. The van der Waals surface area contributed by atoms with Crippen LogP contribution in [-0.2, 0) is 11.0 Å². The first-order valence-corrected chi connectivity index (χ1v) is 14.0. The number of benzene rings is 3. The molecule has 8 nitrogen and oxygen atoms in total. The van der Waals surface area contributed by atoms with Crippen LogP contribution < -0.4 is 14.8 Å². The van der Waals surface area contributed by atoms with Crippen molar-refractivity contribution in [2.45, 2.75) is 38.2 Å². The third-order valence-electron chi connectivity index (χ3n) is 7.17. The van der Waals surface area contributed by atoms with Crippen molar-refractivity contribution in [3.8, 4) is 11.5 Å². The molecule has 1 fully saturated rings. The fourth-order valence-electron chi connectivity index (χ4n) is 5.18. The summed E-state index contributed by atoms with van der Waals surface area (Å²) in [6.07, 6.45) is -4.77. The Morgan fingerprint density at radius 2 is 1.72 bits per heavy atom. The molecule has 12 heteroatoms. The van der Waals surface area contributed by atoms with Crippen molar-refractivity contribution >= 4 is 29.4 Å². The van der Waals surface area contributed by atoms with Gasteiger partial charge in [-0.1, -0.05) is 35.9 Å².